The number of hydrogen-bond acceptors (Lipinski definition) is 4. The number of amides is 2. The Labute approximate surface area is 131 Å². The van der Waals surface area contributed by atoms with Crippen LogP contribution in [0.2, 0.25) is 0 Å². The van der Waals surface area contributed by atoms with Gasteiger partial charge in [0.2, 0.25) is 11.8 Å². The van der Waals surface area contributed by atoms with E-state index >= 15 is 0 Å². The van der Waals surface area contributed by atoms with Gasteiger partial charge in [0.25, 0.3) is 0 Å². The van der Waals surface area contributed by atoms with Gasteiger partial charge in [-0.15, -0.1) is 0 Å². The van der Waals surface area contributed by atoms with E-state index < -0.39 is 0 Å². The van der Waals surface area contributed by atoms with Crippen molar-refractivity contribution in [2.24, 2.45) is 0 Å². The van der Waals surface area contributed by atoms with Gasteiger partial charge in [0.05, 0.1) is 7.11 Å². The number of benzene rings is 1. The minimum atomic E-state index is -0.157. The minimum Gasteiger partial charge on any atom is -0.497 e. The van der Waals surface area contributed by atoms with Gasteiger partial charge in [-0.3, -0.25) is 9.59 Å². The van der Waals surface area contributed by atoms with Crippen molar-refractivity contribution in [3.8, 4) is 5.75 Å². The highest BCUT2D eigenvalue weighted by atomic mass is 16.5. The predicted octanol–water partition coefficient (Wildman–Crippen LogP) is 0.822. The zero-order valence-electron chi connectivity index (χ0n) is 13.4. The Bertz CT molecular complexity index is 539. The molecule has 1 aromatic rings. The highest BCUT2D eigenvalue weighted by Crippen LogP contribution is 2.21. The van der Waals surface area contributed by atoms with Crippen LogP contribution in [0.4, 0.5) is 5.69 Å². The van der Waals surface area contributed by atoms with E-state index in [9.17, 15) is 9.59 Å². The lowest BCUT2D eigenvalue weighted by molar-refractivity contribution is -0.132. The number of likely N-dealkylation sites (N-methyl/N-ethyl adjacent to an activating group) is 1. The van der Waals surface area contributed by atoms with Crippen molar-refractivity contribution < 1.29 is 14.3 Å². The summed E-state index contributed by atoms with van der Waals surface area (Å²) in [6.45, 7) is 4.68. The zero-order chi connectivity index (χ0) is 16.1. The maximum atomic E-state index is 12.4. The Morgan fingerprint density at radius 2 is 1.91 bits per heavy atom. The molecule has 0 N–H and O–H groups in total. The van der Waals surface area contributed by atoms with E-state index in [0.717, 1.165) is 13.1 Å². The highest BCUT2D eigenvalue weighted by molar-refractivity contribution is 5.97. The third-order valence-electron chi connectivity index (χ3n) is 3.89. The van der Waals surface area contributed by atoms with E-state index in [-0.39, 0.29) is 18.4 Å². The van der Waals surface area contributed by atoms with Crippen LogP contribution in [0.25, 0.3) is 0 Å². The molecule has 0 spiro atoms. The molecule has 22 heavy (non-hydrogen) atoms. The molecule has 1 aliphatic heterocycles. The number of rotatable bonds is 4. The Morgan fingerprint density at radius 3 is 2.50 bits per heavy atom. The number of piperazine rings is 1. The molecular weight excluding hydrogens is 282 g/mol. The van der Waals surface area contributed by atoms with Crippen molar-refractivity contribution in [2.75, 3.05) is 51.8 Å². The molecule has 0 radical (unpaired) electrons. The summed E-state index contributed by atoms with van der Waals surface area (Å²) in [5.41, 5.74) is 0.675. The predicted molar refractivity (Wildman–Crippen MR) is 85.1 cm³/mol. The molecule has 2 amide bonds. The summed E-state index contributed by atoms with van der Waals surface area (Å²) in [5.74, 6) is 0.484. The van der Waals surface area contributed by atoms with E-state index in [1.165, 1.54) is 11.8 Å². The van der Waals surface area contributed by atoms with Crippen LogP contribution < -0.4 is 9.64 Å². The van der Waals surface area contributed by atoms with Gasteiger partial charge in [-0.1, -0.05) is 6.07 Å². The first-order valence-electron chi connectivity index (χ1n) is 7.39. The van der Waals surface area contributed by atoms with E-state index in [0.29, 0.717) is 24.5 Å². The smallest absolute Gasteiger partial charge is 0.242 e. The maximum absolute atomic E-state index is 12.4. The first-order valence-corrected chi connectivity index (χ1v) is 7.39. The second kappa shape index (κ2) is 7.26. The van der Waals surface area contributed by atoms with Gasteiger partial charge in [-0.2, -0.15) is 0 Å². The van der Waals surface area contributed by atoms with E-state index in [2.05, 4.69) is 4.90 Å². The van der Waals surface area contributed by atoms with Gasteiger partial charge in [-0.25, -0.2) is 0 Å². The molecule has 6 heteroatoms. The Hall–Kier alpha value is -2.08. The summed E-state index contributed by atoms with van der Waals surface area (Å²) in [6.07, 6.45) is 0. The fourth-order valence-electron chi connectivity index (χ4n) is 2.45. The van der Waals surface area contributed by atoms with Gasteiger partial charge in [0.15, 0.2) is 0 Å². The Kier molecular flexibility index (Phi) is 5.38. The van der Waals surface area contributed by atoms with Crippen LogP contribution in [0.5, 0.6) is 5.75 Å². The van der Waals surface area contributed by atoms with Gasteiger partial charge >= 0.3 is 0 Å². The second-order valence-electron chi connectivity index (χ2n) is 5.49. The molecule has 0 bridgehead atoms. The van der Waals surface area contributed by atoms with Crippen LogP contribution in [0.15, 0.2) is 24.3 Å². The molecule has 120 valence electrons. The van der Waals surface area contributed by atoms with Crippen molar-refractivity contribution in [1.29, 1.82) is 0 Å². The number of anilines is 1. The number of ether oxygens (including phenoxy) is 1. The molecule has 0 aromatic heterocycles. The lowest BCUT2D eigenvalue weighted by Crippen LogP contribution is -2.50. The molecule has 0 unspecified atom stereocenters. The van der Waals surface area contributed by atoms with Gasteiger partial charge in [0.1, 0.15) is 12.3 Å². The van der Waals surface area contributed by atoms with Crippen LogP contribution >= 0.6 is 0 Å². The standard InChI is InChI=1S/C16H23N3O3/c1-13(20)19(14-5-4-6-15(11-14)22-3)12-16(21)18-9-7-17(2)8-10-18/h4-6,11H,7-10,12H2,1-3H3. The quantitative estimate of drug-likeness (QED) is 0.826. The summed E-state index contributed by atoms with van der Waals surface area (Å²) in [7, 11) is 3.62. The topological polar surface area (TPSA) is 53.1 Å². The first kappa shape index (κ1) is 16.3. The number of nitrogens with zero attached hydrogens (tertiary/aromatic N) is 3. The number of carbonyl (C=O) groups is 2. The molecule has 1 aliphatic rings. The molecule has 0 saturated carbocycles. The lowest BCUT2D eigenvalue weighted by Gasteiger charge is -2.33. The Morgan fingerprint density at radius 1 is 1.23 bits per heavy atom. The summed E-state index contributed by atoms with van der Waals surface area (Å²) in [6, 6.07) is 7.19. The van der Waals surface area contributed by atoms with Crippen LogP contribution in [0.1, 0.15) is 6.92 Å². The SMILES string of the molecule is COc1cccc(N(CC(=O)N2CCN(C)CC2)C(C)=O)c1. The molecule has 1 aromatic carbocycles. The van der Waals surface area contributed by atoms with Crippen LogP contribution in [-0.2, 0) is 9.59 Å². The largest absolute Gasteiger partial charge is 0.497 e. The average Bonchev–Trinajstić information content (AvgIpc) is 2.52. The molecule has 0 aliphatic carbocycles. The maximum Gasteiger partial charge on any atom is 0.242 e. The van der Waals surface area contributed by atoms with Gasteiger partial charge in [0, 0.05) is 44.9 Å². The van der Waals surface area contributed by atoms with Gasteiger partial charge < -0.3 is 19.4 Å². The monoisotopic (exact) mass is 305 g/mol. The third kappa shape index (κ3) is 3.98. The normalized spacial score (nSPS) is 15.5. The molecule has 0 atom stereocenters. The third-order valence-corrected chi connectivity index (χ3v) is 3.89. The van der Waals surface area contributed by atoms with Crippen molar-refractivity contribution in [1.82, 2.24) is 9.80 Å². The highest BCUT2D eigenvalue weighted by Gasteiger charge is 2.23. The van der Waals surface area contributed by atoms with Crippen molar-refractivity contribution in [3.63, 3.8) is 0 Å². The fraction of sp³-hybridized carbons (Fsp3) is 0.500. The summed E-state index contributed by atoms with van der Waals surface area (Å²) < 4.78 is 5.18. The van der Waals surface area contributed by atoms with Crippen molar-refractivity contribution in [2.45, 2.75) is 6.92 Å². The summed E-state index contributed by atoms with van der Waals surface area (Å²) in [4.78, 5) is 29.8. The molecule has 1 heterocycles. The minimum absolute atomic E-state index is 0.0221. The Balaban J connectivity index is 2.08. The molecular formula is C16H23N3O3. The lowest BCUT2D eigenvalue weighted by atomic mass is 10.2. The molecule has 6 nitrogen and oxygen atoms in total. The average molecular weight is 305 g/mol. The second-order valence-corrected chi connectivity index (χ2v) is 5.49. The van der Waals surface area contributed by atoms with Crippen molar-refractivity contribution in [3.05, 3.63) is 24.3 Å². The van der Waals surface area contributed by atoms with Gasteiger partial charge in [-0.05, 0) is 19.2 Å². The molecule has 2 rings (SSSR count). The fourth-order valence-corrected chi connectivity index (χ4v) is 2.45. The van der Waals surface area contributed by atoms with Crippen LogP contribution in [0, 0.1) is 0 Å². The van der Waals surface area contributed by atoms with E-state index in [1.54, 1.807) is 19.2 Å². The van der Waals surface area contributed by atoms with Crippen LogP contribution in [-0.4, -0.2) is 68.5 Å². The number of methoxy groups -OCH3 is 1. The molecule has 1 saturated heterocycles. The zero-order valence-corrected chi connectivity index (χ0v) is 13.4. The van der Waals surface area contributed by atoms with Crippen LogP contribution in [0.3, 0.4) is 0 Å². The van der Waals surface area contributed by atoms with Crippen molar-refractivity contribution >= 4 is 17.5 Å². The summed E-state index contributed by atoms with van der Waals surface area (Å²) >= 11 is 0. The van der Waals surface area contributed by atoms with E-state index in [4.69, 9.17) is 4.74 Å². The first-order chi connectivity index (χ1) is 10.5. The number of hydrogen-bond donors (Lipinski definition) is 0. The van der Waals surface area contributed by atoms with E-state index in [1.807, 2.05) is 24.1 Å². The summed E-state index contributed by atoms with van der Waals surface area (Å²) in [5, 5.41) is 0. The number of carbonyl (C=O) groups excluding carboxylic acids is 2. The molecule has 1 fully saturated rings.